The number of nitrogens with one attached hydrogen (secondary N) is 2. The van der Waals surface area contributed by atoms with Crippen molar-refractivity contribution >= 4 is 23.2 Å². The summed E-state index contributed by atoms with van der Waals surface area (Å²) in [6.45, 7) is 1.35. The molecule has 0 heterocycles. The zero-order valence-corrected chi connectivity index (χ0v) is 12.1. The number of carbonyl (C=O) groups excluding carboxylic acids is 2. The average Bonchev–Trinajstić information content (AvgIpc) is 2.48. The zero-order chi connectivity index (χ0) is 17.0. The van der Waals surface area contributed by atoms with Gasteiger partial charge < -0.3 is 10.6 Å². The first kappa shape index (κ1) is 16.5. The van der Waals surface area contributed by atoms with Gasteiger partial charge in [-0.1, -0.05) is 12.1 Å². The quantitative estimate of drug-likeness (QED) is 0.900. The summed E-state index contributed by atoms with van der Waals surface area (Å²) in [5, 5.41) is 4.95. The fourth-order valence-corrected chi connectivity index (χ4v) is 1.97. The highest BCUT2D eigenvalue weighted by Gasteiger charge is 2.34. The molecule has 2 amide bonds. The number of amides is 2. The van der Waals surface area contributed by atoms with Gasteiger partial charge in [0.05, 0.1) is 11.1 Å². The van der Waals surface area contributed by atoms with Crippen LogP contribution in [0.4, 0.5) is 24.5 Å². The smallest absolute Gasteiger partial charge is 0.326 e. The summed E-state index contributed by atoms with van der Waals surface area (Å²) in [5.41, 5.74) is -0.606. The average molecular weight is 322 g/mol. The monoisotopic (exact) mass is 322 g/mol. The van der Waals surface area contributed by atoms with Gasteiger partial charge in [0.2, 0.25) is 5.91 Å². The van der Waals surface area contributed by atoms with Gasteiger partial charge in [0.15, 0.2) is 0 Å². The van der Waals surface area contributed by atoms with Crippen molar-refractivity contribution in [2.24, 2.45) is 0 Å². The Kier molecular flexibility index (Phi) is 4.68. The lowest BCUT2D eigenvalue weighted by Crippen LogP contribution is -2.18. The van der Waals surface area contributed by atoms with Gasteiger partial charge in [-0.05, 0) is 36.4 Å². The molecule has 0 saturated heterocycles. The Bertz CT molecular complexity index is 725. The Hall–Kier alpha value is -2.83. The van der Waals surface area contributed by atoms with Crippen molar-refractivity contribution in [2.45, 2.75) is 13.1 Å². The van der Waals surface area contributed by atoms with E-state index in [0.29, 0.717) is 11.4 Å². The zero-order valence-electron chi connectivity index (χ0n) is 12.1. The van der Waals surface area contributed by atoms with E-state index in [4.69, 9.17) is 0 Å². The Morgan fingerprint density at radius 1 is 0.870 bits per heavy atom. The van der Waals surface area contributed by atoms with Gasteiger partial charge in [0.25, 0.3) is 5.91 Å². The van der Waals surface area contributed by atoms with Crippen LogP contribution in [0.3, 0.4) is 0 Å². The van der Waals surface area contributed by atoms with E-state index in [1.165, 1.54) is 43.3 Å². The second-order valence-electron chi connectivity index (χ2n) is 4.76. The molecule has 23 heavy (non-hydrogen) atoms. The van der Waals surface area contributed by atoms with Crippen LogP contribution in [0.25, 0.3) is 0 Å². The van der Waals surface area contributed by atoms with Crippen LogP contribution in [-0.4, -0.2) is 11.8 Å². The van der Waals surface area contributed by atoms with Crippen LogP contribution in [0.2, 0.25) is 0 Å². The highest BCUT2D eigenvalue weighted by Crippen LogP contribution is 2.32. The molecule has 0 fully saturated rings. The Labute approximate surface area is 130 Å². The first-order valence-electron chi connectivity index (χ1n) is 6.62. The van der Waals surface area contributed by atoms with Crippen molar-refractivity contribution in [3.8, 4) is 0 Å². The van der Waals surface area contributed by atoms with Crippen LogP contribution in [0.5, 0.6) is 0 Å². The first-order chi connectivity index (χ1) is 10.8. The predicted molar refractivity (Wildman–Crippen MR) is 80.1 cm³/mol. The number of rotatable bonds is 3. The highest BCUT2D eigenvalue weighted by atomic mass is 19.4. The van der Waals surface area contributed by atoms with E-state index in [1.807, 2.05) is 0 Å². The predicted octanol–water partition coefficient (Wildman–Crippen LogP) is 3.92. The van der Waals surface area contributed by atoms with Crippen LogP contribution >= 0.6 is 0 Å². The minimum Gasteiger partial charge on any atom is -0.326 e. The highest BCUT2D eigenvalue weighted by molar-refractivity contribution is 6.05. The molecule has 0 aromatic heterocycles. The van der Waals surface area contributed by atoms with E-state index < -0.39 is 23.2 Å². The molecule has 0 aliphatic heterocycles. The number of benzene rings is 2. The van der Waals surface area contributed by atoms with E-state index in [9.17, 15) is 22.8 Å². The van der Waals surface area contributed by atoms with Gasteiger partial charge in [-0.15, -0.1) is 0 Å². The minimum atomic E-state index is -4.61. The molecular weight excluding hydrogens is 309 g/mol. The van der Waals surface area contributed by atoms with Crippen molar-refractivity contribution in [3.05, 3.63) is 59.7 Å². The summed E-state index contributed by atoms with van der Waals surface area (Å²) in [7, 11) is 0. The summed E-state index contributed by atoms with van der Waals surface area (Å²) in [6, 6.07) is 10.6. The maximum Gasteiger partial charge on any atom is 0.417 e. The van der Waals surface area contributed by atoms with Crippen LogP contribution in [-0.2, 0) is 11.0 Å². The SMILES string of the molecule is CC(=O)Nc1ccc(NC(=O)c2ccccc2C(F)(F)F)cc1. The van der Waals surface area contributed by atoms with Crippen molar-refractivity contribution in [2.75, 3.05) is 10.6 Å². The lowest BCUT2D eigenvalue weighted by Gasteiger charge is -2.13. The third-order valence-electron chi connectivity index (χ3n) is 2.94. The standard InChI is InChI=1S/C16H13F3N2O2/c1-10(22)20-11-6-8-12(9-7-11)21-15(23)13-4-2-3-5-14(13)16(17,18)19/h2-9H,1H3,(H,20,22)(H,21,23). The molecule has 0 bridgehead atoms. The molecule has 0 unspecified atom stereocenters. The summed E-state index contributed by atoms with van der Waals surface area (Å²) in [4.78, 5) is 23.0. The van der Waals surface area contributed by atoms with Crippen LogP contribution in [0.1, 0.15) is 22.8 Å². The maximum atomic E-state index is 12.9. The number of hydrogen-bond acceptors (Lipinski definition) is 2. The second kappa shape index (κ2) is 6.51. The van der Waals surface area contributed by atoms with Crippen LogP contribution in [0.15, 0.2) is 48.5 Å². The Morgan fingerprint density at radius 3 is 1.91 bits per heavy atom. The van der Waals surface area contributed by atoms with Crippen molar-refractivity contribution < 1.29 is 22.8 Å². The Morgan fingerprint density at radius 2 is 1.39 bits per heavy atom. The summed E-state index contributed by atoms with van der Waals surface area (Å²) in [5.74, 6) is -1.11. The Balaban J connectivity index is 2.18. The fourth-order valence-electron chi connectivity index (χ4n) is 1.97. The molecule has 2 aromatic carbocycles. The summed E-state index contributed by atoms with van der Waals surface area (Å²) in [6.07, 6.45) is -4.61. The number of halogens is 3. The number of alkyl halides is 3. The number of anilines is 2. The van der Waals surface area contributed by atoms with Gasteiger partial charge in [-0.2, -0.15) is 13.2 Å². The molecule has 2 aromatic rings. The van der Waals surface area contributed by atoms with Crippen molar-refractivity contribution in [1.82, 2.24) is 0 Å². The molecule has 120 valence electrons. The van der Waals surface area contributed by atoms with Gasteiger partial charge in [0.1, 0.15) is 0 Å². The third kappa shape index (κ3) is 4.32. The van der Waals surface area contributed by atoms with Crippen LogP contribution < -0.4 is 10.6 Å². The molecule has 0 spiro atoms. The van der Waals surface area contributed by atoms with E-state index in [-0.39, 0.29) is 5.91 Å². The lowest BCUT2D eigenvalue weighted by molar-refractivity contribution is -0.137. The van der Waals surface area contributed by atoms with E-state index in [1.54, 1.807) is 0 Å². The normalized spacial score (nSPS) is 11.0. The van der Waals surface area contributed by atoms with Crippen molar-refractivity contribution in [1.29, 1.82) is 0 Å². The van der Waals surface area contributed by atoms with Gasteiger partial charge in [-0.3, -0.25) is 9.59 Å². The van der Waals surface area contributed by atoms with Crippen LogP contribution in [0, 0.1) is 0 Å². The molecule has 0 aliphatic rings. The van der Waals surface area contributed by atoms with Gasteiger partial charge >= 0.3 is 6.18 Å². The van der Waals surface area contributed by atoms with Crippen molar-refractivity contribution in [3.63, 3.8) is 0 Å². The van der Waals surface area contributed by atoms with E-state index in [2.05, 4.69) is 10.6 Å². The molecule has 7 heteroatoms. The third-order valence-corrected chi connectivity index (χ3v) is 2.94. The lowest BCUT2D eigenvalue weighted by atomic mass is 10.1. The molecule has 4 nitrogen and oxygen atoms in total. The number of carbonyl (C=O) groups is 2. The first-order valence-corrected chi connectivity index (χ1v) is 6.62. The summed E-state index contributed by atoms with van der Waals surface area (Å²) < 4.78 is 38.7. The molecule has 0 atom stereocenters. The topological polar surface area (TPSA) is 58.2 Å². The second-order valence-corrected chi connectivity index (χ2v) is 4.76. The van der Waals surface area contributed by atoms with E-state index in [0.717, 1.165) is 12.1 Å². The molecule has 0 radical (unpaired) electrons. The fraction of sp³-hybridized carbons (Fsp3) is 0.125. The maximum absolute atomic E-state index is 12.9. The van der Waals surface area contributed by atoms with E-state index >= 15 is 0 Å². The molecule has 0 saturated carbocycles. The van der Waals surface area contributed by atoms with Gasteiger partial charge in [-0.25, -0.2) is 0 Å². The molecular formula is C16H13F3N2O2. The summed E-state index contributed by atoms with van der Waals surface area (Å²) >= 11 is 0. The number of hydrogen-bond donors (Lipinski definition) is 2. The van der Waals surface area contributed by atoms with Gasteiger partial charge in [0, 0.05) is 18.3 Å². The molecule has 2 N–H and O–H groups in total. The molecule has 0 aliphatic carbocycles. The largest absolute Gasteiger partial charge is 0.417 e. The minimum absolute atomic E-state index is 0.249. The molecule has 2 rings (SSSR count).